The molecule has 1 saturated heterocycles. The monoisotopic (exact) mass is 1650 g/mol. The fourth-order valence-electron chi connectivity index (χ4n) is 12.2. The van der Waals surface area contributed by atoms with Crippen LogP contribution in [0.5, 0.6) is 0 Å². The summed E-state index contributed by atoms with van der Waals surface area (Å²) < 4.78 is 110. The zero-order valence-electron chi connectivity index (χ0n) is 62.3. The van der Waals surface area contributed by atoms with E-state index in [0.29, 0.717) is 101 Å². The Morgan fingerprint density at radius 2 is 1.09 bits per heavy atom. The summed E-state index contributed by atoms with van der Waals surface area (Å²) in [7, 11) is 3.29. The number of imidazole rings is 2. The summed E-state index contributed by atoms with van der Waals surface area (Å²) in [5.41, 5.74) is -1.22. The first kappa shape index (κ1) is 87.7. The number of nitrogens with zero attached hydrogens (tertiary/aromatic N) is 10. The normalized spacial score (nSPS) is 14.6. The Kier molecular flexibility index (Phi) is 29.7. The van der Waals surface area contributed by atoms with Crippen molar-refractivity contribution in [2.45, 2.75) is 109 Å². The number of halogens is 7. The van der Waals surface area contributed by atoms with E-state index in [1.165, 1.54) is 58.1 Å². The Bertz CT molecular complexity index is 5400. The van der Waals surface area contributed by atoms with Gasteiger partial charge in [-0.05, 0) is 129 Å². The molecule has 2 fully saturated rings. The minimum atomic E-state index is -4.71. The maximum atomic E-state index is 13.1. The van der Waals surface area contributed by atoms with Crippen molar-refractivity contribution in [1.29, 1.82) is 0 Å². The van der Waals surface area contributed by atoms with E-state index in [9.17, 15) is 74.9 Å². The number of nitrogens with one attached hydrogen (secondary N) is 3. The number of imide groups is 1. The van der Waals surface area contributed by atoms with Gasteiger partial charge in [-0.2, -0.15) is 46.4 Å². The van der Waals surface area contributed by atoms with Crippen LogP contribution in [-0.4, -0.2) is 146 Å². The number of aliphatic hydroxyl groups is 2. The number of carbonyl (C=O) groups excluding carboxylic acids is 6. The molecule has 6 aromatic heterocycles. The van der Waals surface area contributed by atoms with Gasteiger partial charge in [-0.15, -0.1) is 6.42 Å². The van der Waals surface area contributed by atoms with Crippen LogP contribution in [0, 0.1) is 24.2 Å². The van der Waals surface area contributed by atoms with Gasteiger partial charge in [-0.3, -0.25) is 61.7 Å². The first-order chi connectivity index (χ1) is 51.6. The number of hydrogen-bond donors (Lipinski definition) is 5. The van der Waals surface area contributed by atoms with E-state index in [2.05, 4.69) is 69.8 Å². The minimum Gasteiger partial charge on any atom is -1.00 e. The molecule has 0 radical (unpaired) electrons. The number of para-hydroxylation sites is 2. The summed E-state index contributed by atoms with van der Waals surface area (Å²) in [6.07, 6.45) is 0.127. The predicted octanol–water partition coefficient (Wildman–Crippen LogP) is 6.38. The Morgan fingerprint density at radius 1 is 0.631 bits per heavy atom. The molecule has 0 bridgehead atoms. The third kappa shape index (κ3) is 21.7. The second-order valence-corrected chi connectivity index (χ2v) is 27.1. The number of aryl methyl sites for hydroxylation is 2. The average molecular weight is 1650 g/mol. The fourth-order valence-corrected chi connectivity index (χ4v) is 12.9. The van der Waals surface area contributed by atoms with Crippen molar-refractivity contribution in [3.8, 4) is 24.2 Å². The predicted molar refractivity (Wildman–Crippen MR) is 402 cm³/mol. The van der Waals surface area contributed by atoms with Crippen LogP contribution < -0.4 is 78.7 Å². The number of ketones is 2. The van der Waals surface area contributed by atoms with Crippen molar-refractivity contribution < 1.29 is 137 Å². The number of amides is 4. The molecule has 36 heteroatoms. The summed E-state index contributed by atoms with van der Waals surface area (Å²) in [5.74, 6) is 5.57. The van der Waals surface area contributed by atoms with Gasteiger partial charge in [0.25, 0.3) is 11.8 Å². The topological polar surface area (TPSA) is 331 Å². The molecule has 3 unspecified atom stereocenters. The molecule has 0 spiro atoms. The van der Waals surface area contributed by atoms with Crippen LogP contribution in [0.4, 0.5) is 37.7 Å². The number of hydrogen-bond acceptors (Lipinski definition) is 18. The van der Waals surface area contributed by atoms with Crippen molar-refractivity contribution in [2.75, 3.05) is 63.5 Å². The van der Waals surface area contributed by atoms with Crippen LogP contribution in [0.1, 0.15) is 122 Å². The summed E-state index contributed by atoms with van der Waals surface area (Å²) in [5, 5.41) is 39.2. The van der Waals surface area contributed by atoms with E-state index in [4.69, 9.17) is 25.4 Å². The molecule has 10 aromatic rings. The van der Waals surface area contributed by atoms with Gasteiger partial charge in [0.1, 0.15) is 47.8 Å². The smallest absolute Gasteiger partial charge is 1.00 e. The number of ether oxygens (including phenoxy) is 4. The van der Waals surface area contributed by atoms with E-state index in [1.54, 1.807) is 84.4 Å². The third-order valence-electron chi connectivity index (χ3n) is 17.4. The molecule has 2 aliphatic rings. The van der Waals surface area contributed by atoms with Crippen LogP contribution in [0.2, 0.25) is 0 Å². The SMILES string of the molecule is C#CCOCCOCCn1cc2cc(NC(=O)c3cccc(C(F)(F)F)n3)c(C(C)(C)O)cc2n1.Cn1c(=O)n(C2CCC(=O)CC2=O)c2cccc(C#CCOCCOCCn3cc4cc(NC(=O)c5cccc(C(F)(F)F)n5)c(C(C)(C)O)cc4n3)c21.Cn1c(=O)n(C2CCC(=O)NC2=O)c2cccc(Br)c21.P.[3H-].[K+]. The molecule has 1 saturated carbocycles. The second kappa shape index (κ2) is 37.6. The number of carbonyl (C=O) groups is 6. The number of Topliss-reactive ketones (excluding diaryl/α,β-unsaturated/α-hetero) is 2. The van der Waals surface area contributed by atoms with Crippen LogP contribution in [0.3, 0.4) is 0 Å². The van der Waals surface area contributed by atoms with Crippen molar-refractivity contribution in [3.05, 3.63) is 174 Å². The quantitative estimate of drug-likeness (QED) is 0.00934. The number of aromatic nitrogens is 10. The standard InChI is InChI=1S/C38H37F3N6O7.C24H25F3N4O4.C13H12BrN3O3.K.H3P.H/c1-37(2,52)26-21-28-24(19-29(26)43-35(50)27-9-5-11-33(42-27)38(39,40)41)22-46(44-28)14-16-54-18-17-53-15-6-8-23-7-4-10-31-34(23)45(3)36(51)47(31)30-13-12-25(48)20-32(30)49;1-4-9-34-11-12-35-10-8-31-15-16-13-20(17(23(2,3)33)14-19(16)30-31)29-22(32)18-6-5-7-21(28-18)24(25,26)27;1-16-11-7(14)3-2-4-8(11)17(13(16)20)9-5-6-10(18)15-12(9)19;;;/h4-5,7,9-11,19,21-22,30,52H,12-18,20H2,1-3H3,(H,43,50);1,5-7,13-15,33H,8-12H2,2-3H3,(H,29,32);2-4,9H,5-6H2,1H3,(H,15,18,19);;1H3;/q;;;+1;;-1/i;;;;;1+2. The van der Waals surface area contributed by atoms with E-state index in [-0.39, 0.29) is 155 Å². The number of piperidine rings is 1. The third-order valence-corrected chi connectivity index (χ3v) is 18.1. The number of benzene rings is 4. The minimum absolute atomic E-state index is 0. The van der Waals surface area contributed by atoms with Crippen LogP contribution in [0.25, 0.3) is 43.9 Å². The number of alkyl halides is 6. The zero-order chi connectivity index (χ0) is 78.9. The Labute approximate surface area is 685 Å². The molecule has 4 aromatic carbocycles. The first-order valence-corrected chi connectivity index (χ1v) is 34.8. The molecule has 5 N–H and O–H groups in total. The molecule has 7 heterocycles. The van der Waals surface area contributed by atoms with Gasteiger partial charge in [-0.1, -0.05) is 42.0 Å². The van der Waals surface area contributed by atoms with Crippen LogP contribution in [-0.2, 0) is 88.9 Å². The molecular weight excluding hydrogens is 1570 g/mol. The Morgan fingerprint density at radius 3 is 1.58 bits per heavy atom. The van der Waals surface area contributed by atoms with E-state index in [0.717, 1.165) is 34.3 Å². The van der Waals surface area contributed by atoms with Crippen LogP contribution in [0.15, 0.2) is 124 Å². The van der Waals surface area contributed by atoms with Gasteiger partial charge in [-0.25, -0.2) is 19.6 Å². The second-order valence-electron chi connectivity index (χ2n) is 26.3. The number of fused-ring (bicyclic) bond motifs is 4. The van der Waals surface area contributed by atoms with Gasteiger partial charge < -0.3 is 41.2 Å². The summed E-state index contributed by atoms with van der Waals surface area (Å²) in [6, 6.07) is 22.0. The van der Waals surface area contributed by atoms with Gasteiger partial charge in [0.2, 0.25) is 11.8 Å². The van der Waals surface area contributed by atoms with Crippen molar-refractivity contribution in [1.82, 2.24) is 53.1 Å². The van der Waals surface area contributed by atoms with E-state index >= 15 is 0 Å². The molecule has 27 nitrogen and oxygen atoms in total. The largest absolute Gasteiger partial charge is 1.00 e. The van der Waals surface area contributed by atoms with Gasteiger partial charge in [0, 0.05) is 77.1 Å². The van der Waals surface area contributed by atoms with Gasteiger partial charge in [0.05, 0.1) is 115 Å². The molecule has 111 heavy (non-hydrogen) atoms. The molecule has 582 valence electrons. The molecule has 1 aliphatic carbocycles. The number of terminal acetylenes is 1. The summed E-state index contributed by atoms with van der Waals surface area (Å²) >= 11 is 3.42. The van der Waals surface area contributed by atoms with Crippen molar-refractivity contribution >= 4 is 116 Å². The van der Waals surface area contributed by atoms with E-state index < -0.39 is 76.1 Å². The number of pyridine rings is 2. The molecular formula is C75H78BrF6KN13O14P. The maximum absolute atomic E-state index is 13.1. The zero-order valence-corrected chi connectivity index (χ0v) is 67.5. The molecule has 12 rings (SSSR count). The molecule has 3 atom stereocenters. The maximum Gasteiger partial charge on any atom is 1.00 e. The average Bonchev–Trinajstić information content (AvgIpc) is 1.61. The first-order valence-electron chi connectivity index (χ1n) is 34.0. The number of anilines is 2. The van der Waals surface area contributed by atoms with E-state index in [1.807, 2.05) is 12.1 Å². The molecule has 1 aliphatic heterocycles. The Balaban J connectivity index is 0.000000256. The fraction of sp³-hybridized carbons (Fsp3) is 0.360. The van der Waals surface area contributed by atoms with Crippen LogP contribution >= 0.6 is 25.8 Å². The summed E-state index contributed by atoms with van der Waals surface area (Å²) in [6.45, 7) is 9.17. The Hall–Kier alpha value is -8.91. The molecule has 4 amide bonds. The number of rotatable bonds is 22. The van der Waals surface area contributed by atoms with Crippen molar-refractivity contribution in [2.24, 2.45) is 14.1 Å². The summed E-state index contributed by atoms with van der Waals surface area (Å²) in [4.78, 5) is 106. The van der Waals surface area contributed by atoms with Crippen molar-refractivity contribution in [3.63, 3.8) is 0 Å². The van der Waals surface area contributed by atoms with Gasteiger partial charge >= 0.3 is 75.1 Å². The van der Waals surface area contributed by atoms with Gasteiger partial charge in [0.15, 0.2) is 5.78 Å².